The Morgan fingerprint density at radius 2 is 1.21 bits per heavy atom. The van der Waals surface area contributed by atoms with Crippen molar-refractivity contribution in [1.82, 2.24) is 0 Å². The molecule has 5 nitrogen and oxygen atoms in total. The van der Waals surface area contributed by atoms with Crippen LogP contribution in [-0.4, -0.2) is 19.0 Å². The molecule has 2 aliphatic heterocycles. The highest BCUT2D eigenvalue weighted by molar-refractivity contribution is 6.31. The number of nitriles is 1. The van der Waals surface area contributed by atoms with Crippen LogP contribution < -0.4 is 15.5 Å². The molecule has 0 fully saturated rings. The number of hydrogen-bond acceptors (Lipinski definition) is 4. The third kappa shape index (κ3) is 6.91. The zero-order chi connectivity index (χ0) is 28.8. The van der Waals surface area contributed by atoms with Gasteiger partial charge in [-0.15, -0.1) is 12.4 Å². The van der Waals surface area contributed by atoms with Crippen molar-refractivity contribution in [2.24, 2.45) is 5.73 Å². The van der Waals surface area contributed by atoms with Crippen LogP contribution in [0.1, 0.15) is 35.1 Å². The molecule has 4 aromatic rings. The second-order valence-corrected chi connectivity index (χ2v) is 11.0. The Morgan fingerprint density at radius 1 is 0.738 bits per heavy atom. The van der Waals surface area contributed by atoms with Crippen LogP contribution in [0.3, 0.4) is 0 Å². The van der Waals surface area contributed by atoms with Gasteiger partial charge in [0.25, 0.3) is 0 Å². The summed E-state index contributed by atoms with van der Waals surface area (Å²) < 4.78 is 0. The molecule has 0 bridgehead atoms. The average Bonchev–Trinajstić information content (AvgIpc) is 3.24. The largest absolute Gasteiger partial charge is 0.341 e. The van der Waals surface area contributed by atoms with Crippen LogP contribution in [0.4, 0.5) is 22.7 Å². The van der Waals surface area contributed by atoms with Crippen LogP contribution in [0, 0.1) is 11.3 Å². The first-order valence-electron chi connectivity index (χ1n) is 13.9. The van der Waals surface area contributed by atoms with Gasteiger partial charge in [0.05, 0.1) is 17.4 Å². The summed E-state index contributed by atoms with van der Waals surface area (Å²) in [6.45, 7) is 1.66. The lowest BCUT2D eigenvalue weighted by Gasteiger charge is -2.27. The second kappa shape index (κ2) is 14.6. The molecule has 0 aromatic heterocycles. The zero-order valence-electron chi connectivity index (χ0n) is 23.2. The topological polar surface area (TPSA) is 73.4 Å². The lowest BCUT2D eigenvalue weighted by atomic mass is 10.0. The van der Waals surface area contributed by atoms with Crippen molar-refractivity contribution in [3.05, 3.63) is 117 Å². The highest BCUT2D eigenvalue weighted by Crippen LogP contribution is 2.38. The number of amides is 1. The summed E-state index contributed by atoms with van der Waals surface area (Å²) in [4.78, 5) is 16.5. The molecule has 2 N–H and O–H groups in total. The minimum absolute atomic E-state index is 0. The fraction of sp³-hybridized carbons (Fsp3) is 0.235. The Labute approximate surface area is 263 Å². The molecule has 0 radical (unpaired) electrons. The molecule has 0 saturated carbocycles. The second-order valence-electron chi connectivity index (χ2n) is 10.2. The fourth-order valence-corrected chi connectivity index (χ4v) is 6.01. The van der Waals surface area contributed by atoms with Crippen LogP contribution in [0.5, 0.6) is 0 Å². The smallest absolute Gasteiger partial charge is 0.245 e. The Balaban J connectivity index is 0.000000189. The molecule has 42 heavy (non-hydrogen) atoms. The summed E-state index contributed by atoms with van der Waals surface area (Å²) in [5, 5.41) is 10.3. The molecular weight excluding hydrogens is 587 g/mol. The minimum Gasteiger partial charge on any atom is -0.341 e. The van der Waals surface area contributed by atoms with Gasteiger partial charge in [0, 0.05) is 28.0 Å². The van der Waals surface area contributed by atoms with E-state index in [4.69, 9.17) is 34.2 Å². The van der Waals surface area contributed by atoms with Crippen LogP contribution in [0.15, 0.2) is 84.9 Å². The summed E-state index contributed by atoms with van der Waals surface area (Å²) in [6.07, 6.45) is 4.60. The predicted octanol–water partition coefficient (Wildman–Crippen LogP) is 8.36. The van der Waals surface area contributed by atoms with E-state index in [2.05, 4.69) is 41.3 Å². The number of fused-ring (bicyclic) bond motifs is 4. The van der Waals surface area contributed by atoms with E-state index in [9.17, 15) is 4.79 Å². The van der Waals surface area contributed by atoms with E-state index in [0.717, 1.165) is 66.2 Å². The molecule has 0 unspecified atom stereocenters. The first-order valence-corrected chi connectivity index (χ1v) is 14.7. The van der Waals surface area contributed by atoms with Crippen LogP contribution >= 0.6 is 35.6 Å². The molecule has 2 heterocycles. The monoisotopic (exact) mass is 618 g/mol. The number of nitrogens with zero attached hydrogens (tertiary/aromatic N) is 3. The minimum atomic E-state index is -0.213. The van der Waals surface area contributed by atoms with Gasteiger partial charge in [-0.25, -0.2) is 0 Å². The van der Waals surface area contributed by atoms with Gasteiger partial charge in [0.15, 0.2) is 0 Å². The van der Waals surface area contributed by atoms with Gasteiger partial charge in [-0.1, -0.05) is 59.6 Å². The first kappa shape index (κ1) is 31.4. The third-order valence-corrected chi connectivity index (χ3v) is 7.99. The number of halogens is 3. The van der Waals surface area contributed by atoms with Gasteiger partial charge in [0.2, 0.25) is 5.91 Å². The predicted molar refractivity (Wildman–Crippen MR) is 176 cm³/mol. The number of para-hydroxylation sites is 2. The van der Waals surface area contributed by atoms with E-state index < -0.39 is 0 Å². The van der Waals surface area contributed by atoms with Gasteiger partial charge in [-0.05, 0) is 109 Å². The molecule has 0 atom stereocenters. The number of carbonyl (C=O) groups is 1. The number of rotatable bonds is 4. The Morgan fingerprint density at radius 3 is 1.83 bits per heavy atom. The summed E-state index contributed by atoms with van der Waals surface area (Å²) in [5.74, 6) is -0.213. The molecule has 6 rings (SSSR count). The van der Waals surface area contributed by atoms with Crippen LogP contribution in [-0.2, 0) is 30.5 Å². The van der Waals surface area contributed by atoms with Crippen LogP contribution in [0.2, 0.25) is 10.0 Å². The summed E-state index contributed by atoms with van der Waals surface area (Å²) in [6, 6.07) is 30.1. The quantitative estimate of drug-likeness (QED) is 0.249. The zero-order valence-corrected chi connectivity index (χ0v) is 25.6. The highest BCUT2D eigenvalue weighted by atomic mass is 35.5. The van der Waals surface area contributed by atoms with E-state index in [1.165, 1.54) is 22.5 Å². The first-order chi connectivity index (χ1) is 20.0. The van der Waals surface area contributed by atoms with Gasteiger partial charge in [0.1, 0.15) is 6.42 Å². The molecule has 0 saturated heterocycles. The number of nitrogens with two attached hydrogens (primary N) is 1. The normalized spacial score (nSPS) is 12.9. The van der Waals surface area contributed by atoms with E-state index in [1.54, 1.807) is 11.0 Å². The molecule has 2 aliphatic rings. The molecule has 4 aromatic carbocycles. The molecule has 1 amide bonds. The molecule has 0 spiro atoms. The Bertz CT molecular complexity index is 1600. The highest BCUT2D eigenvalue weighted by Gasteiger charge is 2.25. The summed E-state index contributed by atoms with van der Waals surface area (Å²) >= 11 is 12.2. The average molecular weight is 620 g/mol. The van der Waals surface area contributed by atoms with Crippen molar-refractivity contribution in [1.29, 1.82) is 5.26 Å². The van der Waals surface area contributed by atoms with Crippen molar-refractivity contribution in [3.63, 3.8) is 0 Å². The van der Waals surface area contributed by atoms with Gasteiger partial charge in [-0.3, -0.25) is 9.69 Å². The van der Waals surface area contributed by atoms with Crippen molar-refractivity contribution < 1.29 is 4.79 Å². The molecule has 216 valence electrons. The number of hydrogen-bond donors (Lipinski definition) is 1. The Hall–Kier alpha value is -3.53. The summed E-state index contributed by atoms with van der Waals surface area (Å²) in [7, 11) is 0. The van der Waals surface area contributed by atoms with E-state index in [0.29, 0.717) is 11.6 Å². The maximum Gasteiger partial charge on any atom is 0.245 e. The van der Waals surface area contributed by atoms with Crippen molar-refractivity contribution in [3.8, 4) is 6.07 Å². The maximum absolute atomic E-state index is 12.4. The van der Waals surface area contributed by atoms with E-state index in [-0.39, 0.29) is 24.7 Å². The van der Waals surface area contributed by atoms with Crippen molar-refractivity contribution in [2.75, 3.05) is 22.9 Å². The van der Waals surface area contributed by atoms with Gasteiger partial charge >= 0.3 is 0 Å². The van der Waals surface area contributed by atoms with E-state index in [1.807, 2.05) is 48.5 Å². The number of benzene rings is 4. The van der Waals surface area contributed by atoms with Gasteiger partial charge in [-0.2, -0.15) is 5.26 Å². The lowest BCUT2D eigenvalue weighted by Crippen LogP contribution is -2.26. The summed E-state index contributed by atoms with van der Waals surface area (Å²) in [5.41, 5.74) is 14.8. The SMILES string of the molecule is Cl.N#CCC(=O)N1c2ccccc2CCc2cc(Cl)ccc21.NCCCN1c2ccccc2CCc2cc(Cl)ccc21. The standard InChI is InChI=1S/C17H13ClN2O.C17H19ClN2.ClH/c18-14-7-8-16-13(11-14)6-5-12-3-1-2-4-15(12)20(16)17(21)9-10-19;18-15-8-9-17-14(12-15)7-6-13-4-1-2-5-16(13)20(17)11-3-10-19;/h1-4,7-8,11H,5-6,9H2;1-2,4-5,8-9,12H,3,6-7,10-11,19H2;1H. The number of aryl methyl sites for hydroxylation is 4. The van der Waals surface area contributed by atoms with Crippen LogP contribution in [0.25, 0.3) is 0 Å². The fourth-order valence-electron chi connectivity index (χ4n) is 5.62. The molecular formula is C34H33Cl3N4O. The third-order valence-electron chi connectivity index (χ3n) is 7.52. The van der Waals surface area contributed by atoms with Crippen molar-refractivity contribution in [2.45, 2.75) is 38.5 Å². The Kier molecular flexibility index (Phi) is 10.9. The lowest BCUT2D eigenvalue weighted by molar-refractivity contribution is -0.117. The van der Waals surface area contributed by atoms with Crippen molar-refractivity contribution >= 4 is 64.3 Å². The molecule has 8 heteroatoms. The number of anilines is 4. The number of carbonyl (C=O) groups excluding carboxylic acids is 1. The molecule has 0 aliphatic carbocycles. The van der Waals surface area contributed by atoms with E-state index >= 15 is 0 Å². The van der Waals surface area contributed by atoms with Gasteiger partial charge < -0.3 is 10.6 Å². The maximum atomic E-state index is 12.4.